The molecule has 4 nitrogen and oxygen atoms in total. The van der Waals surface area contributed by atoms with Gasteiger partial charge in [-0.2, -0.15) is 0 Å². The molecule has 1 fully saturated rings. The van der Waals surface area contributed by atoms with Gasteiger partial charge in [0.2, 0.25) is 0 Å². The van der Waals surface area contributed by atoms with Crippen molar-refractivity contribution in [3.8, 4) is 0 Å². The third-order valence-electron chi connectivity index (χ3n) is 3.56. The Morgan fingerprint density at radius 2 is 2.11 bits per heavy atom. The number of ether oxygens (including phenoxy) is 1. The van der Waals surface area contributed by atoms with Crippen molar-refractivity contribution in [3.63, 3.8) is 0 Å². The van der Waals surface area contributed by atoms with Gasteiger partial charge in [-0.3, -0.25) is 4.79 Å². The summed E-state index contributed by atoms with van der Waals surface area (Å²) in [6.07, 6.45) is 3.75. The van der Waals surface area contributed by atoms with Crippen molar-refractivity contribution in [1.82, 2.24) is 4.98 Å². The molecule has 0 radical (unpaired) electrons. The summed E-state index contributed by atoms with van der Waals surface area (Å²) >= 11 is 0. The van der Waals surface area contributed by atoms with Gasteiger partial charge in [0.25, 0.3) is 0 Å². The van der Waals surface area contributed by atoms with Gasteiger partial charge in [-0.25, -0.2) is 4.98 Å². The fourth-order valence-electron chi connectivity index (χ4n) is 2.58. The van der Waals surface area contributed by atoms with E-state index in [0.29, 0.717) is 18.3 Å². The maximum absolute atomic E-state index is 11.6. The fourth-order valence-corrected chi connectivity index (χ4v) is 2.58. The molecule has 98 valence electrons. The summed E-state index contributed by atoms with van der Waals surface area (Å²) in [6, 6.07) is 5.76. The van der Waals surface area contributed by atoms with Crippen LogP contribution in [0.1, 0.15) is 44.2 Å². The van der Waals surface area contributed by atoms with Crippen LogP contribution in [-0.4, -0.2) is 17.6 Å². The molecule has 0 saturated heterocycles. The number of anilines is 1. The number of carbonyl (C=O) groups is 1. The molecule has 0 unspecified atom stereocenters. The topological polar surface area (TPSA) is 65.2 Å². The third kappa shape index (κ3) is 3.00. The Morgan fingerprint density at radius 3 is 2.72 bits per heavy atom. The quantitative estimate of drug-likeness (QED) is 0.835. The molecule has 0 spiro atoms. The summed E-state index contributed by atoms with van der Waals surface area (Å²) < 4.78 is 5.07. The Morgan fingerprint density at radius 1 is 1.39 bits per heavy atom. The molecule has 2 rings (SSSR count). The van der Waals surface area contributed by atoms with Crippen LogP contribution < -0.4 is 5.73 Å². The van der Waals surface area contributed by atoms with E-state index >= 15 is 0 Å². The molecule has 2 N–H and O–H groups in total. The van der Waals surface area contributed by atoms with Crippen LogP contribution in [0.15, 0.2) is 18.2 Å². The van der Waals surface area contributed by atoms with Gasteiger partial charge in [0, 0.05) is 11.6 Å². The first-order chi connectivity index (χ1) is 8.70. The lowest BCUT2D eigenvalue weighted by atomic mass is 9.80. The monoisotopic (exact) mass is 248 g/mol. The molecule has 1 aliphatic rings. The van der Waals surface area contributed by atoms with E-state index in [1.165, 1.54) is 0 Å². The number of rotatable bonds is 3. The number of nitrogens with zero attached hydrogens (tertiary/aromatic N) is 1. The first kappa shape index (κ1) is 12.9. The predicted molar refractivity (Wildman–Crippen MR) is 70.0 cm³/mol. The van der Waals surface area contributed by atoms with Gasteiger partial charge in [-0.05, 0) is 44.7 Å². The smallest absolute Gasteiger partial charge is 0.308 e. The second-order valence-corrected chi connectivity index (χ2v) is 4.79. The van der Waals surface area contributed by atoms with Crippen LogP contribution in [0.5, 0.6) is 0 Å². The van der Waals surface area contributed by atoms with Gasteiger partial charge >= 0.3 is 5.97 Å². The molecule has 0 aliphatic heterocycles. The number of nitrogens with two attached hydrogens (primary N) is 1. The summed E-state index contributed by atoms with van der Waals surface area (Å²) in [5.74, 6) is 1.03. The molecule has 4 heteroatoms. The summed E-state index contributed by atoms with van der Waals surface area (Å²) in [7, 11) is 0. The Kier molecular flexibility index (Phi) is 4.18. The lowest BCUT2D eigenvalue weighted by Gasteiger charge is -2.26. The average Bonchev–Trinajstić information content (AvgIpc) is 2.39. The number of hydrogen-bond acceptors (Lipinski definition) is 4. The first-order valence-corrected chi connectivity index (χ1v) is 6.59. The average molecular weight is 248 g/mol. The van der Waals surface area contributed by atoms with Gasteiger partial charge in [0.1, 0.15) is 5.82 Å². The van der Waals surface area contributed by atoms with E-state index in [1.54, 1.807) is 6.07 Å². The minimum Gasteiger partial charge on any atom is -0.466 e. The second kappa shape index (κ2) is 5.85. The zero-order chi connectivity index (χ0) is 13.0. The van der Waals surface area contributed by atoms with Crippen molar-refractivity contribution >= 4 is 11.8 Å². The number of aromatic nitrogens is 1. The van der Waals surface area contributed by atoms with Crippen LogP contribution >= 0.6 is 0 Å². The van der Waals surface area contributed by atoms with E-state index in [0.717, 1.165) is 31.4 Å². The SMILES string of the molecule is CCOC(=O)C1CCC(c2cccc(N)n2)CC1. The van der Waals surface area contributed by atoms with Crippen molar-refractivity contribution < 1.29 is 9.53 Å². The van der Waals surface area contributed by atoms with Crippen LogP contribution in [0, 0.1) is 5.92 Å². The molecule has 1 saturated carbocycles. The highest BCUT2D eigenvalue weighted by molar-refractivity contribution is 5.72. The predicted octanol–water partition coefficient (Wildman–Crippen LogP) is 2.50. The number of esters is 1. The van der Waals surface area contributed by atoms with Crippen LogP contribution in [0.4, 0.5) is 5.82 Å². The molecule has 18 heavy (non-hydrogen) atoms. The number of nitrogen functional groups attached to an aromatic ring is 1. The Bertz CT molecular complexity index is 412. The first-order valence-electron chi connectivity index (χ1n) is 6.59. The summed E-state index contributed by atoms with van der Waals surface area (Å²) in [6.45, 7) is 2.32. The van der Waals surface area contributed by atoms with Crippen molar-refractivity contribution in [2.45, 2.75) is 38.5 Å². The van der Waals surface area contributed by atoms with Crippen LogP contribution in [0.2, 0.25) is 0 Å². The third-order valence-corrected chi connectivity index (χ3v) is 3.56. The lowest BCUT2D eigenvalue weighted by molar-refractivity contribution is -0.149. The molecule has 1 aromatic heterocycles. The highest BCUT2D eigenvalue weighted by Gasteiger charge is 2.28. The molecule has 0 amide bonds. The van der Waals surface area contributed by atoms with E-state index in [-0.39, 0.29) is 11.9 Å². The zero-order valence-corrected chi connectivity index (χ0v) is 10.8. The van der Waals surface area contributed by atoms with Crippen LogP contribution in [0.3, 0.4) is 0 Å². The molecule has 1 aromatic rings. The summed E-state index contributed by atoms with van der Waals surface area (Å²) in [4.78, 5) is 16.0. The van der Waals surface area contributed by atoms with Crippen molar-refractivity contribution in [3.05, 3.63) is 23.9 Å². The molecular formula is C14H20N2O2. The standard InChI is InChI=1S/C14H20N2O2/c1-2-18-14(17)11-8-6-10(7-9-11)12-4-3-5-13(15)16-12/h3-5,10-11H,2,6-9H2,1H3,(H2,15,16). The lowest BCUT2D eigenvalue weighted by Crippen LogP contribution is -2.23. The zero-order valence-electron chi connectivity index (χ0n) is 10.8. The molecule has 0 atom stereocenters. The van der Waals surface area contributed by atoms with E-state index in [1.807, 2.05) is 19.1 Å². The van der Waals surface area contributed by atoms with E-state index in [2.05, 4.69) is 4.98 Å². The minimum atomic E-state index is -0.0449. The van der Waals surface area contributed by atoms with Crippen molar-refractivity contribution in [2.75, 3.05) is 12.3 Å². The summed E-state index contributed by atoms with van der Waals surface area (Å²) in [5.41, 5.74) is 6.75. The second-order valence-electron chi connectivity index (χ2n) is 4.79. The number of hydrogen-bond donors (Lipinski definition) is 1. The highest BCUT2D eigenvalue weighted by Crippen LogP contribution is 2.35. The Balaban J connectivity index is 1.92. The molecule has 1 aliphatic carbocycles. The van der Waals surface area contributed by atoms with Crippen molar-refractivity contribution in [2.24, 2.45) is 5.92 Å². The fraction of sp³-hybridized carbons (Fsp3) is 0.571. The van der Waals surface area contributed by atoms with Gasteiger partial charge in [-0.15, -0.1) is 0 Å². The van der Waals surface area contributed by atoms with E-state index < -0.39 is 0 Å². The van der Waals surface area contributed by atoms with Crippen LogP contribution in [-0.2, 0) is 9.53 Å². The largest absolute Gasteiger partial charge is 0.466 e. The molecule has 1 heterocycles. The summed E-state index contributed by atoms with van der Waals surface area (Å²) in [5, 5.41) is 0. The molecular weight excluding hydrogens is 228 g/mol. The highest BCUT2D eigenvalue weighted by atomic mass is 16.5. The van der Waals surface area contributed by atoms with E-state index in [4.69, 9.17) is 10.5 Å². The number of carbonyl (C=O) groups excluding carboxylic acids is 1. The Labute approximate surface area is 108 Å². The molecule has 0 aromatic carbocycles. The van der Waals surface area contributed by atoms with Gasteiger partial charge in [-0.1, -0.05) is 6.07 Å². The van der Waals surface area contributed by atoms with Crippen molar-refractivity contribution in [1.29, 1.82) is 0 Å². The van der Waals surface area contributed by atoms with Gasteiger partial charge < -0.3 is 10.5 Å². The van der Waals surface area contributed by atoms with Gasteiger partial charge in [0.15, 0.2) is 0 Å². The van der Waals surface area contributed by atoms with Crippen LogP contribution in [0.25, 0.3) is 0 Å². The normalized spacial score (nSPS) is 23.6. The minimum absolute atomic E-state index is 0.0449. The maximum atomic E-state index is 11.6. The number of pyridine rings is 1. The molecule has 0 bridgehead atoms. The Hall–Kier alpha value is -1.58. The van der Waals surface area contributed by atoms with E-state index in [9.17, 15) is 4.79 Å². The maximum Gasteiger partial charge on any atom is 0.308 e. The van der Waals surface area contributed by atoms with Gasteiger partial charge in [0.05, 0.1) is 12.5 Å².